The molecule has 1 amide bonds. The van der Waals surface area contributed by atoms with E-state index in [1.807, 2.05) is 55.2 Å². The molecule has 0 spiro atoms. The summed E-state index contributed by atoms with van der Waals surface area (Å²) in [6.45, 7) is 4.74. The maximum atomic E-state index is 12.6. The number of aromatic nitrogens is 4. The lowest BCUT2D eigenvalue weighted by molar-refractivity contribution is -0.120. The van der Waals surface area contributed by atoms with Gasteiger partial charge in [-0.05, 0) is 51.0 Å². The molecule has 2 aromatic heterocycles. The molecule has 3 aromatic rings. The molecule has 1 aliphatic rings. The molecule has 0 fully saturated rings. The molecule has 0 saturated carbocycles. The molecule has 128 valence electrons. The molecule has 0 aliphatic carbocycles. The first-order valence-electron chi connectivity index (χ1n) is 8.52. The highest BCUT2D eigenvalue weighted by atomic mass is 16.1. The first-order chi connectivity index (χ1) is 12.1. The number of imidazole rings is 2. The Morgan fingerprint density at radius 2 is 2.00 bits per heavy atom. The quantitative estimate of drug-likeness (QED) is 0.800. The number of aryl methyl sites for hydroxylation is 2. The largest absolute Gasteiger partial charge is 0.334 e. The Balaban J connectivity index is 1.45. The topological polar surface area (TPSA) is 64.7 Å². The lowest BCUT2D eigenvalue weighted by atomic mass is 9.97. The van der Waals surface area contributed by atoms with Crippen LogP contribution in [0.15, 0.2) is 43.1 Å². The van der Waals surface area contributed by atoms with Crippen LogP contribution in [0.2, 0.25) is 0 Å². The minimum Gasteiger partial charge on any atom is -0.334 e. The monoisotopic (exact) mass is 335 g/mol. The normalized spacial score (nSPS) is 16.5. The highest BCUT2D eigenvalue weighted by Gasteiger charge is 2.24. The van der Waals surface area contributed by atoms with Gasteiger partial charge in [-0.25, -0.2) is 9.97 Å². The fourth-order valence-electron chi connectivity index (χ4n) is 3.29. The van der Waals surface area contributed by atoms with Crippen LogP contribution >= 0.6 is 0 Å². The highest BCUT2D eigenvalue weighted by Crippen LogP contribution is 2.22. The Labute approximate surface area is 146 Å². The smallest absolute Gasteiger partial charge is 0.229 e. The van der Waals surface area contributed by atoms with Crippen LogP contribution in [0.25, 0.3) is 5.69 Å². The molecule has 0 bridgehead atoms. The summed E-state index contributed by atoms with van der Waals surface area (Å²) in [6.07, 6.45) is 7.27. The first-order valence-corrected chi connectivity index (χ1v) is 8.52. The summed E-state index contributed by atoms with van der Waals surface area (Å²) in [6, 6.07) is 7.87. The average Bonchev–Trinajstić information content (AvgIpc) is 3.22. The SMILES string of the molecule is Cc1ncn(-c2ccc(NC(=O)C3CCc4cncn4C3)cc2)c1C. The summed E-state index contributed by atoms with van der Waals surface area (Å²) in [5.74, 6) is 0.0571. The van der Waals surface area contributed by atoms with Gasteiger partial charge in [0, 0.05) is 35.5 Å². The van der Waals surface area contributed by atoms with Crippen molar-refractivity contribution < 1.29 is 4.79 Å². The van der Waals surface area contributed by atoms with Gasteiger partial charge in [0.05, 0.1) is 24.3 Å². The van der Waals surface area contributed by atoms with E-state index in [-0.39, 0.29) is 11.8 Å². The number of nitrogens with one attached hydrogen (secondary N) is 1. The van der Waals surface area contributed by atoms with Gasteiger partial charge in [-0.2, -0.15) is 0 Å². The summed E-state index contributed by atoms with van der Waals surface area (Å²) in [5.41, 5.74) is 5.21. The predicted octanol–water partition coefficient (Wildman–Crippen LogP) is 2.89. The third-order valence-electron chi connectivity index (χ3n) is 5.00. The van der Waals surface area contributed by atoms with Crippen LogP contribution in [0.3, 0.4) is 0 Å². The average molecular weight is 335 g/mol. The van der Waals surface area contributed by atoms with E-state index in [4.69, 9.17) is 0 Å². The Morgan fingerprint density at radius 3 is 2.72 bits per heavy atom. The van der Waals surface area contributed by atoms with E-state index >= 15 is 0 Å². The van der Waals surface area contributed by atoms with Gasteiger partial charge in [-0.1, -0.05) is 0 Å². The molecule has 4 rings (SSSR count). The molecule has 1 aliphatic heterocycles. The van der Waals surface area contributed by atoms with Crippen molar-refractivity contribution in [3.05, 3.63) is 60.2 Å². The van der Waals surface area contributed by atoms with Gasteiger partial charge in [0.25, 0.3) is 0 Å². The standard InChI is InChI=1S/C19H21N5O/c1-13-14(2)24(12-21-13)17-7-4-16(5-8-17)22-19(25)15-3-6-18-9-20-11-23(18)10-15/h4-5,7-9,11-12,15H,3,6,10H2,1-2H3,(H,22,25). The Kier molecular flexibility index (Phi) is 3.87. The minimum absolute atomic E-state index is 0.0140. The van der Waals surface area contributed by atoms with Crippen LogP contribution in [0.5, 0.6) is 0 Å². The molecule has 0 radical (unpaired) electrons. The van der Waals surface area contributed by atoms with E-state index in [2.05, 4.69) is 19.9 Å². The van der Waals surface area contributed by atoms with Gasteiger partial charge in [0.2, 0.25) is 5.91 Å². The van der Waals surface area contributed by atoms with Crippen molar-refractivity contribution >= 4 is 11.6 Å². The molecule has 1 unspecified atom stereocenters. The summed E-state index contributed by atoms with van der Waals surface area (Å²) in [5, 5.41) is 3.04. The van der Waals surface area contributed by atoms with Crippen molar-refractivity contribution in [2.75, 3.05) is 5.32 Å². The third-order valence-corrected chi connectivity index (χ3v) is 5.00. The highest BCUT2D eigenvalue weighted by molar-refractivity contribution is 5.92. The second-order valence-electron chi connectivity index (χ2n) is 6.59. The number of carbonyl (C=O) groups excluding carboxylic acids is 1. The zero-order valence-electron chi connectivity index (χ0n) is 14.4. The fraction of sp³-hybridized carbons (Fsp3) is 0.316. The minimum atomic E-state index is -0.0140. The number of hydrogen-bond donors (Lipinski definition) is 1. The number of nitrogens with zero attached hydrogens (tertiary/aromatic N) is 4. The van der Waals surface area contributed by atoms with Crippen molar-refractivity contribution in [2.45, 2.75) is 33.2 Å². The number of anilines is 1. The van der Waals surface area contributed by atoms with Crippen molar-refractivity contribution in [3.63, 3.8) is 0 Å². The molecule has 1 atom stereocenters. The number of benzene rings is 1. The van der Waals surface area contributed by atoms with E-state index in [0.717, 1.165) is 35.6 Å². The van der Waals surface area contributed by atoms with Crippen LogP contribution in [0, 0.1) is 19.8 Å². The van der Waals surface area contributed by atoms with Crippen LogP contribution < -0.4 is 5.32 Å². The fourth-order valence-corrected chi connectivity index (χ4v) is 3.29. The molecule has 1 N–H and O–H groups in total. The van der Waals surface area contributed by atoms with E-state index in [1.165, 1.54) is 5.69 Å². The van der Waals surface area contributed by atoms with Crippen LogP contribution in [-0.4, -0.2) is 25.0 Å². The van der Waals surface area contributed by atoms with Crippen molar-refractivity contribution in [2.24, 2.45) is 5.92 Å². The molecule has 6 nitrogen and oxygen atoms in total. The summed E-state index contributed by atoms with van der Waals surface area (Å²) >= 11 is 0. The van der Waals surface area contributed by atoms with Gasteiger partial charge in [0.15, 0.2) is 0 Å². The zero-order chi connectivity index (χ0) is 17.4. The second-order valence-corrected chi connectivity index (χ2v) is 6.59. The van der Waals surface area contributed by atoms with E-state index < -0.39 is 0 Å². The molecule has 6 heteroatoms. The Morgan fingerprint density at radius 1 is 1.20 bits per heavy atom. The predicted molar refractivity (Wildman–Crippen MR) is 95.7 cm³/mol. The number of rotatable bonds is 3. The maximum absolute atomic E-state index is 12.6. The number of fused-ring (bicyclic) bond motifs is 1. The van der Waals surface area contributed by atoms with Crippen molar-refractivity contribution in [3.8, 4) is 5.69 Å². The van der Waals surface area contributed by atoms with Gasteiger partial charge in [-0.15, -0.1) is 0 Å². The molecule has 25 heavy (non-hydrogen) atoms. The van der Waals surface area contributed by atoms with Gasteiger partial charge in [-0.3, -0.25) is 4.79 Å². The Hall–Kier alpha value is -2.89. The van der Waals surface area contributed by atoms with E-state index in [0.29, 0.717) is 6.54 Å². The number of hydrogen-bond acceptors (Lipinski definition) is 3. The maximum Gasteiger partial charge on any atom is 0.229 e. The first kappa shape index (κ1) is 15.6. The molecule has 1 aromatic carbocycles. The van der Waals surface area contributed by atoms with Crippen molar-refractivity contribution in [1.29, 1.82) is 0 Å². The van der Waals surface area contributed by atoms with Crippen LogP contribution in [0.4, 0.5) is 5.69 Å². The molecular weight excluding hydrogens is 314 g/mol. The van der Waals surface area contributed by atoms with E-state index in [9.17, 15) is 4.79 Å². The van der Waals surface area contributed by atoms with E-state index in [1.54, 1.807) is 6.33 Å². The second kappa shape index (κ2) is 6.20. The van der Waals surface area contributed by atoms with Crippen LogP contribution in [-0.2, 0) is 17.8 Å². The lowest BCUT2D eigenvalue weighted by Gasteiger charge is -2.23. The number of carbonyl (C=O) groups is 1. The summed E-state index contributed by atoms with van der Waals surface area (Å²) in [7, 11) is 0. The Bertz CT molecular complexity index is 906. The lowest BCUT2D eigenvalue weighted by Crippen LogP contribution is -2.30. The van der Waals surface area contributed by atoms with Gasteiger partial charge in [0.1, 0.15) is 0 Å². The third kappa shape index (κ3) is 2.95. The van der Waals surface area contributed by atoms with Gasteiger partial charge < -0.3 is 14.5 Å². The zero-order valence-corrected chi connectivity index (χ0v) is 14.4. The van der Waals surface area contributed by atoms with Crippen molar-refractivity contribution in [1.82, 2.24) is 19.1 Å². The van der Waals surface area contributed by atoms with Crippen LogP contribution in [0.1, 0.15) is 23.5 Å². The molecule has 3 heterocycles. The molecular formula is C19H21N5O. The van der Waals surface area contributed by atoms with Gasteiger partial charge >= 0.3 is 0 Å². The summed E-state index contributed by atoms with van der Waals surface area (Å²) < 4.78 is 4.11. The molecule has 0 saturated heterocycles. The summed E-state index contributed by atoms with van der Waals surface area (Å²) in [4.78, 5) is 21.0. The number of amides is 1.